The first-order chi connectivity index (χ1) is 12.8. The van der Waals surface area contributed by atoms with Crippen molar-refractivity contribution in [3.8, 4) is 6.07 Å². The number of aromatic nitrogens is 5. The molecule has 6 heteroatoms. The number of rotatable bonds is 3. The molecule has 2 atom stereocenters. The number of nitriles is 1. The lowest BCUT2D eigenvalue weighted by atomic mass is 9.96. The number of nitrogens with zero attached hydrogens (tertiary/aromatic N) is 5. The first-order valence-corrected chi connectivity index (χ1v) is 8.98. The largest absolute Gasteiger partial charge is 0.345 e. The molecule has 0 bridgehead atoms. The molecule has 1 N–H and O–H groups in total. The normalized spacial score (nSPS) is 20.0. The summed E-state index contributed by atoms with van der Waals surface area (Å²) in [5.74, 6) is 2.12. The molecule has 0 spiro atoms. The van der Waals surface area contributed by atoms with Gasteiger partial charge in [0.1, 0.15) is 5.82 Å². The van der Waals surface area contributed by atoms with Gasteiger partial charge >= 0.3 is 0 Å². The summed E-state index contributed by atoms with van der Waals surface area (Å²) < 4.78 is 2.15. The Morgan fingerprint density at radius 1 is 1.15 bits per heavy atom. The van der Waals surface area contributed by atoms with Crippen molar-refractivity contribution < 1.29 is 0 Å². The first-order valence-electron chi connectivity index (χ1n) is 8.98. The molecular weight excluding hydrogens is 324 g/mol. The van der Waals surface area contributed by atoms with Crippen molar-refractivity contribution in [2.75, 3.05) is 0 Å². The number of aromatic amines is 1. The fourth-order valence-corrected chi connectivity index (χ4v) is 4.21. The molecule has 1 aliphatic rings. The summed E-state index contributed by atoms with van der Waals surface area (Å²) in [5, 5.41) is 17.7. The second-order valence-electron chi connectivity index (χ2n) is 7.11. The number of benzene rings is 1. The van der Waals surface area contributed by atoms with Crippen LogP contribution in [-0.4, -0.2) is 24.6 Å². The van der Waals surface area contributed by atoms with Crippen molar-refractivity contribution in [1.29, 1.82) is 5.26 Å². The third kappa shape index (κ3) is 2.44. The molecule has 0 aliphatic heterocycles. The smallest absolute Gasteiger partial charge is 0.179 e. The van der Waals surface area contributed by atoms with Crippen LogP contribution >= 0.6 is 0 Å². The van der Waals surface area contributed by atoms with Crippen LogP contribution in [-0.2, 0) is 6.42 Å². The van der Waals surface area contributed by atoms with E-state index in [4.69, 9.17) is 5.26 Å². The van der Waals surface area contributed by atoms with E-state index in [9.17, 15) is 0 Å². The Hall–Kier alpha value is -3.20. The predicted octanol–water partition coefficient (Wildman–Crippen LogP) is 3.60. The summed E-state index contributed by atoms with van der Waals surface area (Å²) in [6.07, 6.45) is 8.19. The highest BCUT2D eigenvalue weighted by Gasteiger charge is 2.29. The summed E-state index contributed by atoms with van der Waals surface area (Å²) in [6, 6.07) is 12.2. The molecule has 3 aromatic heterocycles. The third-order valence-corrected chi connectivity index (χ3v) is 5.48. The van der Waals surface area contributed by atoms with E-state index in [0.717, 1.165) is 47.5 Å². The van der Waals surface area contributed by atoms with Crippen LogP contribution in [0.3, 0.4) is 0 Å². The van der Waals surface area contributed by atoms with E-state index in [1.165, 1.54) is 12.0 Å². The molecular formula is C20H18N6. The fraction of sp³-hybridized carbons (Fsp3) is 0.300. The van der Waals surface area contributed by atoms with E-state index in [0.29, 0.717) is 11.8 Å². The highest BCUT2D eigenvalue weighted by Crippen LogP contribution is 2.39. The molecule has 0 unspecified atom stereocenters. The Morgan fingerprint density at radius 3 is 2.88 bits per heavy atom. The summed E-state index contributed by atoms with van der Waals surface area (Å²) in [4.78, 5) is 7.55. The van der Waals surface area contributed by atoms with Crippen LogP contribution in [0.15, 0.2) is 42.7 Å². The van der Waals surface area contributed by atoms with Gasteiger partial charge < -0.3 is 4.98 Å². The number of H-pyrrole nitrogens is 1. The van der Waals surface area contributed by atoms with Gasteiger partial charge in [0.15, 0.2) is 11.3 Å². The maximum Gasteiger partial charge on any atom is 0.179 e. The lowest BCUT2D eigenvalue weighted by Gasteiger charge is -2.11. The summed E-state index contributed by atoms with van der Waals surface area (Å²) in [6.45, 7) is 0. The zero-order chi connectivity index (χ0) is 17.5. The highest BCUT2D eigenvalue weighted by molar-refractivity contribution is 5.74. The van der Waals surface area contributed by atoms with Crippen LogP contribution in [0.25, 0.3) is 16.8 Å². The maximum atomic E-state index is 8.93. The van der Waals surface area contributed by atoms with E-state index in [2.05, 4.69) is 42.8 Å². The van der Waals surface area contributed by atoms with Crippen LogP contribution in [0.5, 0.6) is 0 Å². The summed E-state index contributed by atoms with van der Waals surface area (Å²) in [5.41, 5.74) is 4.74. The Bertz CT molecular complexity index is 1110. The molecule has 0 radical (unpaired) electrons. The SMILES string of the molecule is N#Cc1ccc(C[C@@H]2CC[C@@H](c3nnc4cnc5[nH]ccc5n34)C2)cc1. The number of fused-ring (bicyclic) bond motifs is 3. The van der Waals surface area contributed by atoms with Gasteiger partial charge in [0.05, 0.1) is 23.3 Å². The molecule has 1 aliphatic carbocycles. The molecule has 6 nitrogen and oxygen atoms in total. The number of nitrogens with one attached hydrogen (secondary N) is 1. The van der Waals surface area contributed by atoms with Crippen molar-refractivity contribution in [3.05, 3.63) is 59.7 Å². The van der Waals surface area contributed by atoms with Gasteiger partial charge in [-0.2, -0.15) is 5.26 Å². The van der Waals surface area contributed by atoms with Gasteiger partial charge in [-0.1, -0.05) is 12.1 Å². The molecule has 0 amide bonds. The molecule has 1 fully saturated rings. The summed E-state index contributed by atoms with van der Waals surface area (Å²) >= 11 is 0. The van der Waals surface area contributed by atoms with Crippen LogP contribution in [0.2, 0.25) is 0 Å². The van der Waals surface area contributed by atoms with Gasteiger partial charge in [-0.05, 0) is 55.4 Å². The lowest BCUT2D eigenvalue weighted by Crippen LogP contribution is -2.04. The minimum Gasteiger partial charge on any atom is -0.345 e. The van der Waals surface area contributed by atoms with Crippen LogP contribution in [0.1, 0.15) is 42.1 Å². The Kier molecular flexibility index (Phi) is 3.45. The molecule has 5 rings (SSSR count). The lowest BCUT2D eigenvalue weighted by molar-refractivity contribution is 0.530. The van der Waals surface area contributed by atoms with E-state index in [1.54, 1.807) is 6.20 Å². The Labute approximate surface area is 150 Å². The molecule has 4 aromatic rings. The average Bonchev–Trinajstić information content (AvgIpc) is 3.40. The first kappa shape index (κ1) is 15.1. The van der Waals surface area contributed by atoms with E-state index in [-0.39, 0.29) is 0 Å². The summed E-state index contributed by atoms with van der Waals surface area (Å²) in [7, 11) is 0. The molecule has 0 saturated heterocycles. The van der Waals surface area contributed by atoms with Crippen LogP contribution < -0.4 is 0 Å². The van der Waals surface area contributed by atoms with Gasteiger partial charge in [-0.25, -0.2) is 4.98 Å². The van der Waals surface area contributed by atoms with Crippen molar-refractivity contribution >= 4 is 16.8 Å². The van der Waals surface area contributed by atoms with Gasteiger partial charge in [-0.3, -0.25) is 4.40 Å². The maximum absolute atomic E-state index is 8.93. The van der Waals surface area contributed by atoms with E-state index >= 15 is 0 Å². The van der Waals surface area contributed by atoms with Gasteiger partial charge in [0.2, 0.25) is 0 Å². The predicted molar refractivity (Wildman–Crippen MR) is 97.6 cm³/mol. The zero-order valence-corrected chi connectivity index (χ0v) is 14.3. The Morgan fingerprint density at radius 2 is 2.04 bits per heavy atom. The van der Waals surface area contributed by atoms with Crippen molar-refractivity contribution in [3.63, 3.8) is 0 Å². The van der Waals surface area contributed by atoms with Gasteiger partial charge in [0.25, 0.3) is 0 Å². The van der Waals surface area contributed by atoms with Crippen molar-refractivity contribution in [1.82, 2.24) is 24.6 Å². The third-order valence-electron chi connectivity index (χ3n) is 5.48. The van der Waals surface area contributed by atoms with Crippen molar-refractivity contribution in [2.24, 2.45) is 5.92 Å². The van der Waals surface area contributed by atoms with Crippen LogP contribution in [0.4, 0.5) is 0 Å². The molecule has 1 aromatic carbocycles. The zero-order valence-electron chi connectivity index (χ0n) is 14.3. The molecule has 128 valence electrons. The second-order valence-corrected chi connectivity index (χ2v) is 7.11. The van der Waals surface area contributed by atoms with Gasteiger partial charge in [0, 0.05) is 12.1 Å². The topological polar surface area (TPSA) is 82.7 Å². The standard InChI is InChI=1S/C20H18N6/c21-11-14-3-1-13(2-4-14)9-15-5-6-16(10-15)20-25-24-18-12-23-19-17(26(18)20)7-8-22-19/h1-4,7-8,12,15-16,22H,5-6,9-10H2/t15-,16+/m0/s1. The molecule has 1 saturated carbocycles. The highest BCUT2D eigenvalue weighted by atomic mass is 15.3. The van der Waals surface area contributed by atoms with E-state index < -0.39 is 0 Å². The molecule has 3 heterocycles. The van der Waals surface area contributed by atoms with Crippen LogP contribution in [0, 0.1) is 17.2 Å². The average molecular weight is 342 g/mol. The minimum atomic E-state index is 0.425. The number of hydrogen-bond acceptors (Lipinski definition) is 4. The minimum absolute atomic E-state index is 0.425. The molecule has 26 heavy (non-hydrogen) atoms. The monoisotopic (exact) mass is 342 g/mol. The number of hydrogen-bond donors (Lipinski definition) is 1. The fourth-order valence-electron chi connectivity index (χ4n) is 4.21. The van der Waals surface area contributed by atoms with E-state index in [1.807, 2.05) is 24.4 Å². The van der Waals surface area contributed by atoms with Crippen molar-refractivity contribution in [2.45, 2.75) is 31.6 Å². The van der Waals surface area contributed by atoms with Gasteiger partial charge in [-0.15, -0.1) is 10.2 Å². The second kappa shape index (κ2) is 5.95. The Balaban J connectivity index is 1.39. The quantitative estimate of drug-likeness (QED) is 0.616.